The molecule has 9 nitrogen and oxygen atoms in total. The molecule has 1 N–H and O–H groups in total. The quantitative estimate of drug-likeness (QED) is 0.352. The van der Waals surface area contributed by atoms with Crippen molar-refractivity contribution in [2.24, 2.45) is 0 Å². The smallest absolute Gasteiger partial charge is 0.258 e. The Hall–Kier alpha value is -2.67. The van der Waals surface area contributed by atoms with Crippen LogP contribution in [0, 0.1) is 10.1 Å². The summed E-state index contributed by atoms with van der Waals surface area (Å²) in [5.41, 5.74) is 0.689. The van der Waals surface area contributed by atoms with Gasteiger partial charge in [0.1, 0.15) is 0 Å². The molecule has 3 aromatic heterocycles. The number of sulfonamides is 1. The van der Waals surface area contributed by atoms with Gasteiger partial charge < -0.3 is 0 Å². The van der Waals surface area contributed by atoms with Crippen LogP contribution in [0.1, 0.15) is 5.69 Å². The van der Waals surface area contributed by atoms with E-state index in [0.717, 1.165) is 15.5 Å². The van der Waals surface area contributed by atoms with Gasteiger partial charge in [0.25, 0.3) is 5.69 Å². The van der Waals surface area contributed by atoms with Crippen LogP contribution in [0.5, 0.6) is 0 Å². The molecule has 0 atom stereocenters. The van der Waals surface area contributed by atoms with Crippen LogP contribution in [0.3, 0.4) is 0 Å². The largest absolute Gasteiger partial charge is 0.269 e. The van der Waals surface area contributed by atoms with Gasteiger partial charge in [0, 0.05) is 30.5 Å². The highest BCUT2D eigenvalue weighted by atomic mass is 32.2. The van der Waals surface area contributed by atoms with E-state index in [4.69, 9.17) is 0 Å². The van der Waals surface area contributed by atoms with Crippen LogP contribution >= 0.6 is 22.7 Å². The fourth-order valence-corrected chi connectivity index (χ4v) is 5.09. The summed E-state index contributed by atoms with van der Waals surface area (Å²) in [6, 6.07) is 8.64. The van der Waals surface area contributed by atoms with E-state index in [1.165, 1.54) is 35.6 Å². The van der Waals surface area contributed by atoms with E-state index in [1.54, 1.807) is 15.9 Å². The first kappa shape index (κ1) is 18.7. The number of nitrogens with one attached hydrogen (secondary N) is 1. The number of rotatable bonds is 7. The maximum atomic E-state index is 12.4. The van der Waals surface area contributed by atoms with Crippen LogP contribution in [0.4, 0.5) is 5.69 Å². The predicted octanol–water partition coefficient (Wildman–Crippen LogP) is 2.95. The van der Waals surface area contributed by atoms with Gasteiger partial charge in [0.15, 0.2) is 5.82 Å². The van der Waals surface area contributed by atoms with Crippen LogP contribution < -0.4 is 4.72 Å². The van der Waals surface area contributed by atoms with E-state index in [9.17, 15) is 18.5 Å². The summed E-state index contributed by atoms with van der Waals surface area (Å²) < 4.78 is 28.9. The van der Waals surface area contributed by atoms with E-state index in [0.29, 0.717) is 12.2 Å². The zero-order chi connectivity index (χ0) is 19.7. The van der Waals surface area contributed by atoms with Crippen molar-refractivity contribution >= 4 is 43.3 Å². The second-order valence-electron chi connectivity index (χ2n) is 5.73. The molecule has 0 aliphatic rings. The molecular weight excluding hydrogens is 422 g/mol. The molecule has 1 aromatic carbocycles. The fraction of sp³-hybridized carbons (Fsp3) is 0.125. The molecule has 4 rings (SSSR count). The van der Waals surface area contributed by atoms with Crippen molar-refractivity contribution in [3.05, 3.63) is 63.0 Å². The molecule has 0 spiro atoms. The fourth-order valence-electron chi connectivity index (χ4n) is 2.55. The molecule has 0 aliphatic heterocycles. The number of fused-ring (bicyclic) bond motifs is 1. The van der Waals surface area contributed by atoms with Gasteiger partial charge in [-0.25, -0.2) is 17.7 Å². The predicted molar refractivity (Wildman–Crippen MR) is 106 cm³/mol. The molecule has 0 bridgehead atoms. The number of nitro groups is 1. The molecule has 0 saturated heterocycles. The van der Waals surface area contributed by atoms with Gasteiger partial charge in [-0.15, -0.1) is 27.8 Å². The van der Waals surface area contributed by atoms with Crippen molar-refractivity contribution in [1.82, 2.24) is 19.3 Å². The van der Waals surface area contributed by atoms with Crippen LogP contribution in [-0.4, -0.2) is 34.5 Å². The molecule has 0 radical (unpaired) electrons. The van der Waals surface area contributed by atoms with Crippen molar-refractivity contribution in [3.63, 3.8) is 0 Å². The number of non-ortho nitro benzene ring substituents is 1. The lowest BCUT2D eigenvalue weighted by atomic mass is 10.3. The zero-order valence-corrected chi connectivity index (χ0v) is 16.6. The Labute approximate surface area is 167 Å². The average molecular weight is 436 g/mol. The Morgan fingerprint density at radius 2 is 1.96 bits per heavy atom. The molecule has 144 valence electrons. The normalized spacial score (nSPS) is 11.9. The third kappa shape index (κ3) is 3.67. The molecule has 0 saturated carbocycles. The third-order valence-electron chi connectivity index (χ3n) is 3.92. The Kier molecular flexibility index (Phi) is 4.93. The highest BCUT2D eigenvalue weighted by molar-refractivity contribution is 7.89. The standard InChI is InChI=1S/C16H13N5O4S3/c22-21(23)11-3-5-13(6-4-11)28(24,25)17-8-7-12-10-27-16-18-15(19-20(12)16)14-2-1-9-26-14/h1-6,9-10,17H,7-8H2. The van der Waals surface area contributed by atoms with E-state index >= 15 is 0 Å². The van der Waals surface area contributed by atoms with Crippen molar-refractivity contribution < 1.29 is 13.3 Å². The molecule has 28 heavy (non-hydrogen) atoms. The summed E-state index contributed by atoms with van der Waals surface area (Å²) in [5, 5.41) is 19.0. The second kappa shape index (κ2) is 7.39. The van der Waals surface area contributed by atoms with Crippen LogP contribution in [0.15, 0.2) is 52.1 Å². The van der Waals surface area contributed by atoms with E-state index in [1.807, 2.05) is 22.9 Å². The lowest BCUT2D eigenvalue weighted by molar-refractivity contribution is -0.384. The SMILES string of the molecule is O=[N+]([O-])c1ccc(S(=O)(=O)NCCc2csc3nc(-c4cccs4)nn23)cc1. The highest BCUT2D eigenvalue weighted by Crippen LogP contribution is 2.24. The van der Waals surface area contributed by atoms with Crippen molar-refractivity contribution in [3.8, 4) is 10.7 Å². The van der Waals surface area contributed by atoms with E-state index < -0.39 is 14.9 Å². The van der Waals surface area contributed by atoms with Gasteiger partial charge in [0.2, 0.25) is 15.0 Å². The Bertz CT molecular complexity index is 1230. The molecule has 0 fully saturated rings. The van der Waals surface area contributed by atoms with Gasteiger partial charge in [-0.05, 0) is 23.6 Å². The van der Waals surface area contributed by atoms with Gasteiger partial charge in [-0.3, -0.25) is 10.1 Å². The van der Waals surface area contributed by atoms with Crippen LogP contribution in [0.2, 0.25) is 0 Å². The molecular formula is C16H13N5O4S3. The first-order valence-corrected chi connectivity index (χ1v) is 11.3. The van der Waals surface area contributed by atoms with Crippen molar-refractivity contribution in [2.75, 3.05) is 6.54 Å². The topological polar surface area (TPSA) is 120 Å². The Morgan fingerprint density at radius 3 is 2.64 bits per heavy atom. The highest BCUT2D eigenvalue weighted by Gasteiger charge is 2.17. The van der Waals surface area contributed by atoms with Gasteiger partial charge in [0.05, 0.1) is 20.4 Å². The van der Waals surface area contributed by atoms with Gasteiger partial charge in [-0.2, -0.15) is 4.98 Å². The molecule has 0 amide bonds. The minimum atomic E-state index is -3.75. The second-order valence-corrected chi connectivity index (χ2v) is 9.28. The molecule has 12 heteroatoms. The van der Waals surface area contributed by atoms with E-state index in [-0.39, 0.29) is 17.1 Å². The number of thiophene rings is 1. The minimum absolute atomic E-state index is 0.0192. The number of benzene rings is 1. The minimum Gasteiger partial charge on any atom is -0.258 e. The number of nitrogens with zero attached hydrogens (tertiary/aromatic N) is 4. The number of hydrogen-bond donors (Lipinski definition) is 1. The summed E-state index contributed by atoms with van der Waals surface area (Å²) in [6.45, 7) is 0.166. The van der Waals surface area contributed by atoms with Gasteiger partial charge >= 0.3 is 0 Å². The maximum Gasteiger partial charge on any atom is 0.269 e. The summed E-state index contributed by atoms with van der Waals surface area (Å²) in [4.78, 5) is 16.3. The van der Waals surface area contributed by atoms with E-state index in [2.05, 4.69) is 14.8 Å². The summed E-state index contributed by atoms with van der Waals surface area (Å²) in [6.07, 6.45) is 0.430. The lowest BCUT2D eigenvalue weighted by Gasteiger charge is -2.06. The number of nitro benzene ring substituents is 1. The Balaban J connectivity index is 1.45. The zero-order valence-electron chi connectivity index (χ0n) is 14.2. The summed E-state index contributed by atoms with van der Waals surface area (Å²) in [7, 11) is -3.75. The molecule has 0 unspecified atom stereocenters. The summed E-state index contributed by atoms with van der Waals surface area (Å²) >= 11 is 3.00. The van der Waals surface area contributed by atoms with Crippen molar-refractivity contribution in [2.45, 2.75) is 11.3 Å². The monoisotopic (exact) mass is 435 g/mol. The van der Waals surface area contributed by atoms with Crippen LogP contribution in [0.25, 0.3) is 15.7 Å². The third-order valence-corrected chi connectivity index (χ3v) is 7.13. The van der Waals surface area contributed by atoms with Gasteiger partial charge in [-0.1, -0.05) is 6.07 Å². The molecule has 0 aliphatic carbocycles. The first-order chi connectivity index (χ1) is 13.4. The Morgan fingerprint density at radius 1 is 1.18 bits per heavy atom. The number of hydrogen-bond acceptors (Lipinski definition) is 8. The average Bonchev–Trinajstić information content (AvgIpc) is 3.39. The maximum absolute atomic E-state index is 12.4. The number of thiazole rings is 1. The van der Waals surface area contributed by atoms with Crippen molar-refractivity contribution in [1.29, 1.82) is 0 Å². The van der Waals surface area contributed by atoms with Crippen LogP contribution in [-0.2, 0) is 16.4 Å². The molecule has 3 heterocycles. The molecule has 4 aromatic rings. The summed E-state index contributed by atoms with van der Waals surface area (Å²) in [5.74, 6) is 0.648. The first-order valence-electron chi connectivity index (χ1n) is 8.05. The lowest BCUT2D eigenvalue weighted by Crippen LogP contribution is -2.26. The number of aromatic nitrogens is 3.